The van der Waals surface area contributed by atoms with Gasteiger partial charge in [0.25, 0.3) is 33.7 Å². The van der Waals surface area contributed by atoms with Gasteiger partial charge in [-0.25, -0.2) is 0 Å². The molecule has 5 aliphatic heterocycles. The van der Waals surface area contributed by atoms with Crippen molar-refractivity contribution in [2.45, 2.75) is 249 Å². The SMILES string of the molecule is CCC(C)(C)c1cc(C)cc2c1OC[N+](c1ccccc1C(C)C)=C2.Cc1cc(C)c2c(c1)C=[N+](c1ccccc1C(C)C)CO2.Cc1cc2c(c(C(C)(c3ccccc3)c3ccccc3)c1)OC[N+](c1ccccc1C(C)C)=C2.Cc1ccc(C(C)(C)c2ccccc2)c2c1C=[N+](c1ccccc1C(C)C)CO2.Cc1ccc(C23CC4CC(CC(C4)C2)C3)c2c1C=[N+](c1ccccc1C(C)C)CO2. The molecule has 0 N–H and O–H groups in total. The van der Waals surface area contributed by atoms with Crippen LogP contribution in [-0.4, -0.2) is 87.6 Å². The Morgan fingerprint density at radius 3 is 0.978 bits per heavy atom. The van der Waals surface area contributed by atoms with Gasteiger partial charge < -0.3 is 23.7 Å². The Bertz CT molecular complexity index is 6760. The lowest BCUT2D eigenvalue weighted by Gasteiger charge is -2.57. The molecule has 9 aliphatic rings. The van der Waals surface area contributed by atoms with Gasteiger partial charge >= 0.3 is 0 Å². The molecule has 13 aromatic rings. The Morgan fingerprint density at radius 1 is 0.295 bits per heavy atom. The van der Waals surface area contributed by atoms with Crippen LogP contribution in [0.25, 0.3) is 0 Å². The number of rotatable bonds is 18. The fraction of sp³-hybridized carbons (Fsp3) is 0.357. The zero-order valence-corrected chi connectivity index (χ0v) is 86.7. The predicted molar refractivity (Wildman–Crippen MR) is 576 cm³/mol. The summed E-state index contributed by atoms with van der Waals surface area (Å²) < 4.78 is 43.2. The van der Waals surface area contributed by atoms with Crippen LogP contribution in [0.1, 0.15) is 313 Å². The van der Waals surface area contributed by atoms with Gasteiger partial charge in [0.1, 0.15) is 28.7 Å². The number of benzene rings is 13. The molecule has 0 unspecified atom stereocenters. The molecule has 22 rings (SSSR count). The van der Waals surface area contributed by atoms with Crippen molar-refractivity contribution in [1.29, 1.82) is 0 Å². The molecule has 4 aliphatic carbocycles. The van der Waals surface area contributed by atoms with Crippen molar-refractivity contribution in [1.82, 2.24) is 0 Å². The fourth-order valence-corrected chi connectivity index (χ4v) is 23.4. The quantitative estimate of drug-likeness (QED) is 0.0633. The maximum atomic E-state index is 6.62. The molecule has 0 amide bonds. The first-order valence-electron chi connectivity index (χ1n) is 51.3. The van der Waals surface area contributed by atoms with Gasteiger partial charge in [-0.15, -0.1) is 0 Å². The van der Waals surface area contributed by atoms with Gasteiger partial charge in [0.05, 0.1) is 27.8 Å². The van der Waals surface area contributed by atoms with E-state index >= 15 is 0 Å². The second kappa shape index (κ2) is 41.3. The normalized spacial score (nSPS) is 17.5. The molecule has 0 radical (unpaired) electrons. The van der Waals surface area contributed by atoms with Crippen LogP contribution in [0.2, 0.25) is 0 Å². The van der Waals surface area contributed by atoms with Crippen LogP contribution in [-0.2, 0) is 21.7 Å². The summed E-state index contributed by atoms with van der Waals surface area (Å²) >= 11 is 0. The summed E-state index contributed by atoms with van der Waals surface area (Å²) in [5.41, 5.74) is 35.5. The topological polar surface area (TPSA) is 61.2 Å². The third-order valence-electron chi connectivity index (χ3n) is 31.0. The first-order chi connectivity index (χ1) is 66.8. The highest BCUT2D eigenvalue weighted by molar-refractivity contribution is 5.88. The smallest absolute Gasteiger partial charge is 0.292 e. The van der Waals surface area contributed by atoms with Crippen molar-refractivity contribution < 1.29 is 46.6 Å². The summed E-state index contributed by atoms with van der Waals surface area (Å²) in [5.74, 6) is 10.5. The summed E-state index contributed by atoms with van der Waals surface area (Å²) in [6, 6.07) is 98.0. The Balaban J connectivity index is 0.000000121. The lowest BCUT2D eigenvalue weighted by Crippen LogP contribution is -2.48. The molecule has 139 heavy (non-hydrogen) atoms. The Kier molecular flexibility index (Phi) is 29.1. The van der Waals surface area contributed by atoms with Crippen LogP contribution in [0.3, 0.4) is 0 Å². The van der Waals surface area contributed by atoms with Crippen LogP contribution in [0, 0.1) is 59.3 Å². The number of ether oxygens (including phenoxy) is 5. The van der Waals surface area contributed by atoms with Crippen molar-refractivity contribution in [3.63, 3.8) is 0 Å². The Labute approximate surface area is 830 Å². The molecule has 0 spiro atoms. The van der Waals surface area contributed by atoms with Gasteiger partial charge in [-0.2, -0.15) is 22.9 Å². The van der Waals surface area contributed by atoms with E-state index in [1.54, 1.807) is 0 Å². The van der Waals surface area contributed by atoms with Gasteiger partial charge in [0, 0.05) is 91.2 Å². The van der Waals surface area contributed by atoms with Crippen LogP contribution in [0.4, 0.5) is 28.4 Å². The monoisotopic (exact) mass is 1850 g/mol. The first kappa shape index (κ1) is 97.8. The lowest BCUT2D eigenvalue weighted by atomic mass is 9.48. The van der Waals surface area contributed by atoms with Gasteiger partial charge in [-0.05, 0) is 220 Å². The molecular formula is C129H148N5O5+5. The molecule has 4 bridgehead atoms. The first-order valence-corrected chi connectivity index (χ1v) is 51.3. The highest BCUT2D eigenvalue weighted by Crippen LogP contribution is 2.63. The van der Waals surface area contributed by atoms with Crippen molar-refractivity contribution in [3.05, 3.63) is 401 Å². The van der Waals surface area contributed by atoms with Crippen molar-refractivity contribution >= 4 is 59.5 Å². The minimum atomic E-state index is -0.343. The van der Waals surface area contributed by atoms with E-state index in [1.807, 2.05) is 0 Å². The van der Waals surface area contributed by atoms with Crippen LogP contribution in [0.15, 0.2) is 273 Å². The third-order valence-corrected chi connectivity index (χ3v) is 31.0. The zero-order chi connectivity index (χ0) is 97.9. The van der Waals surface area contributed by atoms with E-state index in [9.17, 15) is 0 Å². The van der Waals surface area contributed by atoms with E-state index in [2.05, 4.69) is 479 Å². The average Bonchev–Trinajstić information content (AvgIpc) is 0.723. The lowest BCUT2D eigenvalue weighted by molar-refractivity contribution is -0.477. The van der Waals surface area contributed by atoms with E-state index in [4.69, 9.17) is 23.7 Å². The minimum Gasteiger partial charge on any atom is -0.435 e. The number of hydrogen-bond donors (Lipinski definition) is 0. The number of aryl methyl sites for hydroxylation is 6. The minimum absolute atomic E-state index is 0.113. The van der Waals surface area contributed by atoms with E-state index in [1.165, 1.54) is 190 Å². The van der Waals surface area contributed by atoms with Crippen molar-refractivity contribution in [3.8, 4) is 28.7 Å². The molecule has 13 aromatic carbocycles. The average molecular weight is 1850 g/mol. The highest BCUT2D eigenvalue weighted by atomic mass is 16.5. The Morgan fingerprint density at radius 2 is 0.597 bits per heavy atom. The summed E-state index contributed by atoms with van der Waals surface area (Å²) in [4.78, 5) is 0. The molecule has 10 heteroatoms. The van der Waals surface area contributed by atoms with Crippen LogP contribution in [0.5, 0.6) is 28.7 Å². The zero-order valence-electron chi connectivity index (χ0n) is 86.7. The van der Waals surface area contributed by atoms with E-state index in [-0.39, 0.29) is 16.2 Å². The number of hydrogen-bond acceptors (Lipinski definition) is 5. The maximum absolute atomic E-state index is 6.62. The largest absolute Gasteiger partial charge is 0.435 e. The van der Waals surface area contributed by atoms with E-state index in [0.29, 0.717) is 68.7 Å². The Hall–Kier alpha value is -12.8. The van der Waals surface area contributed by atoms with Crippen LogP contribution >= 0.6 is 0 Å². The van der Waals surface area contributed by atoms with E-state index in [0.717, 1.165) is 58.3 Å². The number of fused-ring (bicyclic) bond motifs is 5. The molecule has 0 atom stereocenters. The van der Waals surface area contributed by atoms with Crippen LogP contribution < -0.4 is 23.7 Å². The van der Waals surface area contributed by atoms with Gasteiger partial charge in [-0.1, -0.05) is 328 Å². The maximum Gasteiger partial charge on any atom is 0.292 e. The molecule has 714 valence electrons. The summed E-state index contributed by atoms with van der Waals surface area (Å²) in [6.07, 6.45) is 21.0. The molecule has 0 aromatic heterocycles. The summed E-state index contributed by atoms with van der Waals surface area (Å²) in [7, 11) is 0. The second-order valence-corrected chi connectivity index (χ2v) is 43.5. The van der Waals surface area contributed by atoms with Gasteiger partial charge in [0.15, 0.2) is 31.1 Å². The molecule has 5 heterocycles. The molecule has 0 saturated heterocycles. The molecule has 4 saturated carbocycles. The fourth-order valence-electron chi connectivity index (χ4n) is 23.4. The summed E-state index contributed by atoms with van der Waals surface area (Å²) in [5, 5.41) is 0. The molecule has 4 fully saturated rings. The highest BCUT2D eigenvalue weighted by Gasteiger charge is 2.53. The van der Waals surface area contributed by atoms with E-state index < -0.39 is 0 Å². The van der Waals surface area contributed by atoms with Crippen molar-refractivity contribution in [2.75, 3.05) is 33.7 Å². The second-order valence-electron chi connectivity index (χ2n) is 43.5. The molecule has 10 nitrogen and oxygen atoms in total. The van der Waals surface area contributed by atoms with Gasteiger partial charge in [0.2, 0.25) is 28.4 Å². The van der Waals surface area contributed by atoms with Gasteiger partial charge in [-0.3, -0.25) is 0 Å². The molecular weight excluding hydrogens is 1700 g/mol. The standard InChI is InChI=1S/C32H32NO.C28H34NO.C27H30NO.C23H30NO.C19H22NO/c1-23(2)28-17-11-12-18-30(28)33-21-25-19-24(3)20-29(31(25)34-22-33)32(4,26-13-7-5-8-14-26)27-15-9-6-10-16-27;1-18(2)23-6-4-5-7-26(23)29-16-24-19(3)8-9-25(27(24)30-17-29)28-13-20-10-21(14-28)12-22(11-20)15-28;1-19(2)22-13-9-10-14-25(22)28-17-23-20(3)15-16-24(26(23)29-18-28)27(4,5)21-11-7-6-8-12-21;1-7-23(5,6)20-13-17(4)12-18-14-24(15-25-22(18)20)21-11-9-8-10-19(21)16(2)3;1-13(2)17-7-5-6-8-18(17)20-11-16-10-14(3)9-15(4)19(16)21-12-20/h5-21,23H,22H2,1-4H3;4-9,16,18,20-22H,10-15,17H2,1-3H3;6-17,19H,18H2,1-5H3;8-14,16H,7,15H2,1-6H3;5-11,13H,12H2,1-4H3/q5*+1. The van der Waals surface area contributed by atoms with Crippen molar-refractivity contribution in [2.24, 2.45) is 17.8 Å². The predicted octanol–water partition coefficient (Wildman–Crippen LogP) is 31.3. The number of nitrogens with zero attached hydrogens (tertiary/aromatic N) is 5. The number of para-hydroxylation sites is 5. The summed E-state index contributed by atoms with van der Waals surface area (Å²) in [6.45, 7) is 51.9. The third kappa shape index (κ3) is 20.4.